The molecule has 0 fully saturated rings. The Morgan fingerprint density at radius 2 is 1.95 bits per heavy atom. The van der Waals surface area contributed by atoms with E-state index in [1.54, 1.807) is 0 Å². The van der Waals surface area contributed by atoms with Gasteiger partial charge in [-0.05, 0) is 24.3 Å². The Morgan fingerprint density at radius 3 is 2.38 bits per heavy atom. The molecular weight excluding hydrogens is 298 g/mol. The molecule has 1 amide bonds. The summed E-state index contributed by atoms with van der Waals surface area (Å²) in [6.07, 6.45) is -8.63. The van der Waals surface area contributed by atoms with Gasteiger partial charge in [0.05, 0.1) is 0 Å². The molecule has 112 valence electrons. The number of rotatable bonds is 5. The van der Waals surface area contributed by atoms with E-state index in [4.69, 9.17) is 10.5 Å². The quantitative estimate of drug-likeness (QED) is 0.377. The maximum atomic E-state index is 12.6. The Labute approximate surface area is 115 Å². The lowest BCUT2D eigenvalue weighted by Gasteiger charge is -2.16. The molecule has 1 rings (SSSR count). The van der Waals surface area contributed by atoms with Gasteiger partial charge in [0.1, 0.15) is 11.8 Å². The van der Waals surface area contributed by atoms with E-state index in [0.29, 0.717) is 0 Å². The molecule has 2 N–H and O–H groups in total. The molecule has 6 nitrogen and oxygen atoms in total. The molecule has 1 aromatic rings. The number of oxime groups is 1. The van der Waals surface area contributed by atoms with Gasteiger partial charge >= 0.3 is 12.5 Å². The number of benzene rings is 1. The zero-order valence-corrected chi connectivity index (χ0v) is 10.1. The summed E-state index contributed by atoms with van der Waals surface area (Å²) in [7, 11) is 0. The summed E-state index contributed by atoms with van der Waals surface area (Å²) in [5.74, 6) is -1.58. The van der Waals surface area contributed by atoms with Gasteiger partial charge in [0.2, 0.25) is 5.71 Å². The van der Waals surface area contributed by atoms with Crippen LogP contribution in [0.5, 0.6) is 5.75 Å². The number of anilines is 1. The van der Waals surface area contributed by atoms with Crippen molar-refractivity contribution < 1.29 is 32.3 Å². The van der Waals surface area contributed by atoms with Gasteiger partial charge in [-0.1, -0.05) is 5.16 Å². The van der Waals surface area contributed by atoms with E-state index in [2.05, 4.69) is 15.2 Å². The largest absolute Gasteiger partial charge is 0.461 e. The van der Waals surface area contributed by atoms with Gasteiger partial charge in [-0.3, -0.25) is 4.79 Å². The topological polar surface area (TPSA) is 94.7 Å². The predicted molar refractivity (Wildman–Crippen MR) is 61.5 cm³/mol. The van der Waals surface area contributed by atoms with Gasteiger partial charge in [0, 0.05) is 5.69 Å². The molecule has 0 unspecified atom stereocenters. The molecule has 0 bridgehead atoms. The van der Waals surface area contributed by atoms with E-state index >= 15 is 0 Å². The van der Waals surface area contributed by atoms with Crippen LogP contribution >= 0.6 is 0 Å². The van der Waals surface area contributed by atoms with Crippen LogP contribution in [0.2, 0.25) is 0 Å². The highest BCUT2D eigenvalue weighted by Crippen LogP contribution is 2.28. The van der Waals surface area contributed by atoms with Crippen molar-refractivity contribution in [3.8, 4) is 11.8 Å². The van der Waals surface area contributed by atoms with Crippen molar-refractivity contribution in [1.82, 2.24) is 0 Å². The predicted octanol–water partition coefficient (Wildman–Crippen LogP) is 2.22. The number of amides is 1. The van der Waals surface area contributed by atoms with Crippen molar-refractivity contribution >= 4 is 17.3 Å². The van der Waals surface area contributed by atoms with E-state index in [-0.39, 0.29) is 5.69 Å². The van der Waals surface area contributed by atoms with E-state index in [9.17, 15) is 22.4 Å². The van der Waals surface area contributed by atoms with Gasteiger partial charge in [-0.25, -0.2) is 0 Å². The van der Waals surface area contributed by atoms with Crippen molar-refractivity contribution in [2.75, 3.05) is 5.32 Å². The monoisotopic (exact) mass is 305 g/mol. The van der Waals surface area contributed by atoms with Crippen LogP contribution in [0.3, 0.4) is 0 Å². The standard InChI is InChI=1S/C11H7F4N3O3/c12-10(13)11(14,15)21-7-3-1-6(2-4-7)17-9(19)8(5-16)18-20/h1-4,10,20H,(H,17,19). The van der Waals surface area contributed by atoms with E-state index < -0.39 is 29.9 Å². The van der Waals surface area contributed by atoms with Crippen LogP contribution < -0.4 is 10.1 Å². The van der Waals surface area contributed by atoms with Crippen LogP contribution in [0, 0.1) is 11.3 Å². The number of carbonyl (C=O) groups is 1. The zero-order valence-electron chi connectivity index (χ0n) is 10.1. The second kappa shape index (κ2) is 6.56. The van der Waals surface area contributed by atoms with Crippen LogP contribution in [0.1, 0.15) is 0 Å². The fraction of sp³-hybridized carbons (Fsp3) is 0.182. The van der Waals surface area contributed by atoms with Crippen LogP contribution in [0.25, 0.3) is 0 Å². The third kappa shape index (κ3) is 4.34. The Balaban J connectivity index is 2.76. The first kappa shape index (κ1) is 16.2. The van der Waals surface area contributed by atoms with Gasteiger partial charge in [0.25, 0.3) is 5.91 Å². The summed E-state index contributed by atoms with van der Waals surface area (Å²) in [6.45, 7) is 0. The summed E-state index contributed by atoms with van der Waals surface area (Å²) >= 11 is 0. The molecule has 0 aliphatic heterocycles. The zero-order chi connectivity index (χ0) is 16.0. The normalized spacial score (nSPS) is 11.9. The van der Waals surface area contributed by atoms with Crippen LogP contribution in [0.15, 0.2) is 29.4 Å². The summed E-state index contributed by atoms with van der Waals surface area (Å²) in [5, 5.41) is 21.3. The Morgan fingerprint density at radius 1 is 1.38 bits per heavy atom. The Kier molecular flexibility index (Phi) is 5.06. The van der Waals surface area contributed by atoms with E-state index in [0.717, 1.165) is 24.3 Å². The summed E-state index contributed by atoms with van der Waals surface area (Å²) in [6, 6.07) is 5.27. The van der Waals surface area contributed by atoms with Crippen molar-refractivity contribution in [3.05, 3.63) is 24.3 Å². The number of nitrogens with one attached hydrogen (secondary N) is 1. The Bertz CT molecular complexity index is 581. The molecule has 0 saturated carbocycles. The lowest BCUT2D eigenvalue weighted by Crippen LogP contribution is -2.33. The van der Waals surface area contributed by atoms with Gasteiger partial charge < -0.3 is 15.3 Å². The number of ether oxygens (including phenoxy) is 1. The smallest absolute Gasteiger partial charge is 0.428 e. The fourth-order valence-electron chi connectivity index (χ4n) is 1.12. The molecule has 21 heavy (non-hydrogen) atoms. The first-order valence-corrected chi connectivity index (χ1v) is 5.18. The molecule has 1 aromatic carbocycles. The fourth-order valence-corrected chi connectivity index (χ4v) is 1.12. The maximum Gasteiger partial charge on any atom is 0.461 e. The number of nitriles is 1. The van der Waals surface area contributed by atoms with Crippen molar-refractivity contribution in [3.63, 3.8) is 0 Å². The van der Waals surface area contributed by atoms with Crippen LogP contribution in [-0.2, 0) is 4.79 Å². The third-order valence-electron chi connectivity index (χ3n) is 2.04. The minimum absolute atomic E-state index is 0.0455. The average molecular weight is 305 g/mol. The van der Waals surface area contributed by atoms with Crippen molar-refractivity contribution in [2.45, 2.75) is 12.5 Å². The molecule has 0 aliphatic carbocycles. The number of alkyl halides is 4. The molecule has 0 heterocycles. The molecule has 0 spiro atoms. The third-order valence-corrected chi connectivity index (χ3v) is 2.04. The second-order valence-corrected chi connectivity index (χ2v) is 3.50. The number of halogens is 4. The number of nitrogens with zero attached hydrogens (tertiary/aromatic N) is 2. The molecule has 10 heteroatoms. The number of hydrogen-bond acceptors (Lipinski definition) is 5. The Hall–Kier alpha value is -2.83. The minimum Gasteiger partial charge on any atom is -0.428 e. The molecule has 0 aromatic heterocycles. The van der Waals surface area contributed by atoms with Gasteiger partial charge in [-0.15, -0.1) is 0 Å². The van der Waals surface area contributed by atoms with E-state index in [1.807, 2.05) is 0 Å². The summed E-state index contributed by atoms with van der Waals surface area (Å²) < 4.78 is 52.9. The first-order chi connectivity index (χ1) is 9.80. The second-order valence-electron chi connectivity index (χ2n) is 3.50. The molecule has 0 saturated heterocycles. The molecule has 0 radical (unpaired) electrons. The molecule has 0 aliphatic rings. The average Bonchev–Trinajstić information content (AvgIpc) is 2.42. The van der Waals surface area contributed by atoms with E-state index in [1.165, 1.54) is 6.07 Å². The van der Waals surface area contributed by atoms with Gasteiger partial charge in [-0.2, -0.15) is 22.8 Å². The lowest BCUT2D eigenvalue weighted by molar-refractivity contribution is -0.253. The van der Waals surface area contributed by atoms with Crippen LogP contribution in [-0.4, -0.2) is 29.4 Å². The summed E-state index contributed by atoms with van der Waals surface area (Å²) in [5.41, 5.74) is -0.774. The highest BCUT2D eigenvalue weighted by molar-refractivity contribution is 6.48. The summed E-state index contributed by atoms with van der Waals surface area (Å²) in [4.78, 5) is 11.3. The van der Waals surface area contributed by atoms with Crippen molar-refractivity contribution in [2.24, 2.45) is 5.16 Å². The SMILES string of the molecule is N#CC(=NO)C(=O)Nc1ccc(OC(F)(F)C(F)F)cc1. The number of hydrogen-bond donors (Lipinski definition) is 2. The highest BCUT2D eigenvalue weighted by Gasteiger charge is 2.43. The molecule has 0 atom stereocenters. The molecular formula is C11H7F4N3O3. The highest BCUT2D eigenvalue weighted by atomic mass is 19.3. The lowest BCUT2D eigenvalue weighted by atomic mass is 10.3. The number of carbonyl (C=O) groups excluding carboxylic acids is 1. The maximum absolute atomic E-state index is 12.6. The van der Waals surface area contributed by atoms with Crippen LogP contribution in [0.4, 0.5) is 23.2 Å². The van der Waals surface area contributed by atoms with Gasteiger partial charge in [0.15, 0.2) is 0 Å². The van der Waals surface area contributed by atoms with Crippen molar-refractivity contribution in [1.29, 1.82) is 5.26 Å². The minimum atomic E-state index is -4.64. The first-order valence-electron chi connectivity index (χ1n) is 5.18.